The largest absolute Gasteiger partial charge is 0.487 e. The molecule has 0 aliphatic carbocycles. The zero-order valence-electron chi connectivity index (χ0n) is 21.3. The number of nitriles is 1. The van der Waals surface area contributed by atoms with Crippen molar-refractivity contribution in [1.29, 1.82) is 5.26 Å². The first-order valence-electron chi connectivity index (χ1n) is 12.1. The van der Waals surface area contributed by atoms with E-state index in [0.29, 0.717) is 31.9 Å². The van der Waals surface area contributed by atoms with Crippen LogP contribution in [0.1, 0.15) is 41.5 Å². The van der Waals surface area contributed by atoms with Gasteiger partial charge >= 0.3 is 5.97 Å². The van der Waals surface area contributed by atoms with Gasteiger partial charge in [0.15, 0.2) is 4.80 Å². The van der Waals surface area contributed by atoms with Gasteiger partial charge in [0.2, 0.25) is 0 Å². The molecule has 202 valence electrons. The van der Waals surface area contributed by atoms with E-state index in [1.54, 1.807) is 24.5 Å². The van der Waals surface area contributed by atoms with Crippen LogP contribution in [0.2, 0.25) is 0 Å². The molecule has 0 radical (unpaired) electrons. The Morgan fingerprint density at radius 2 is 2.02 bits per heavy atom. The van der Waals surface area contributed by atoms with Crippen LogP contribution in [-0.2, 0) is 16.1 Å². The van der Waals surface area contributed by atoms with Crippen molar-refractivity contribution in [2.45, 2.75) is 26.5 Å². The van der Waals surface area contributed by atoms with Gasteiger partial charge in [0.25, 0.3) is 5.56 Å². The van der Waals surface area contributed by atoms with Crippen molar-refractivity contribution in [1.82, 2.24) is 4.57 Å². The molecule has 0 amide bonds. The van der Waals surface area contributed by atoms with Gasteiger partial charge in [-0.3, -0.25) is 9.36 Å². The second kappa shape index (κ2) is 12.4. The third-order valence-electron chi connectivity index (χ3n) is 6.16. The number of ether oxygens (including phenoxy) is 2. The minimum Gasteiger partial charge on any atom is -0.487 e. The molecule has 0 saturated heterocycles. The van der Waals surface area contributed by atoms with Crippen LogP contribution in [0.3, 0.4) is 0 Å². The molecule has 0 bridgehead atoms. The average Bonchev–Trinajstić information content (AvgIpc) is 3.56. The number of thiophene rings is 1. The van der Waals surface area contributed by atoms with E-state index in [1.165, 1.54) is 22.7 Å². The van der Waals surface area contributed by atoms with Crippen molar-refractivity contribution >= 4 is 79.9 Å². The monoisotopic (exact) mass is 793 g/mol. The number of halogens is 2. The van der Waals surface area contributed by atoms with Crippen LogP contribution in [0.4, 0.5) is 0 Å². The van der Waals surface area contributed by atoms with E-state index in [4.69, 9.17) is 9.47 Å². The molecule has 1 aliphatic rings. The first kappa shape index (κ1) is 28.7. The molecule has 3 heterocycles. The summed E-state index contributed by atoms with van der Waals surface area (Å²) in [6.07, 6.45) is 1.81. The van der Waals surface area contributed by atoms with Crippen LogP contribution in [0.5, 0.6) is 5.75 Å². The topological polar surface area (TPSA) is 93.7 Å². The number of rotatable bonds is 7. The third-order valence-corrected chi connectivity index (χ3v) is 9.50. The summed E-state index contributed by atoms with van der Waals surface area (Å²) in [7, 11) is 0. The van der Waals surface area contributed by atoms with Crippen molar-refractivity contribution in [3.63, 3.8) is 0 Å². The predicted octanol–water partition coefficient (Wildman–Crippen LogP) is 5.52. The molecule has 0 unspecified atom stereocenters. The lowest BCUT2D eigenvalue weighted by Crippen LogP contribution is -2.39. The second-order valence-electron chi connectivity index (χ2n) is 8.68. The molecule has 5 rings (SSSR count). The Morgan fingerprint density at radius 1 is 1.23 bits per heavy atom. The Kier molecular flexibility index (Phi) is 8.89. The number of esters is 1. The van der Waals surface area contributed by atoms with Gasteiger partial charge < -0.3 is 9.47 Å². The summed E-state index contributed by atoms with van der Waals surface area (Å²) in [5.41, 5.74) is 2.73. The summed E-state index contributed by atoms with van der Waals surface area (Å²) in [4.78, 5) is 32.9. The van der Waals surface area contributed by atoms with Gasteiger partial charge in [-0.25, -0.2) is 9.79 Å². The number of allylic oxidation sites excluding steroid dienone is 1. The molecular formula is C29H21I2N3O4S2. The summed E-state index contributed by atoms with van der Waals surface area (Å²) < 4.78 is 15.5. The van der Waals surface area contributed by atoms with Crippen LogP contribution in [0.25, 0.3) is 6.08 Å². The number of fused-ring (bicyclic) bond motifs is 1. The van der Waals surface area contributed by atoms with Gasteiger partial charge in [-0.1, -0.05) is 35.6 Å². The van der Waals surface area contributed by atoms with E-state index < -0.39 is 12.0 Å². The van der Waals surface area contributed by atoms with Crippen molar-refractivity contribution < 1.29 is 14.3 Å². The van der Waals surface area contributed by atoms with Gasteiger partial charge in [0.05, 0.1) is 37.6 Å². The fourth-order valence-electron chi connectivity index (χ4n) is 4.39. The number of aromatic nitrogens is 1. The molecule has 40 heavy (non-hydrogen) atoms. The third kappa shape index (κ3) is 5.67. The minimum absolute atomic E-state index is 0.211. The van der Waals surface area contributed by atoms with Crippen LogP contribution in [0.15, 0.2) is 75.0 Å². The fourth-order valence-corrected chi connectivity index (χ4v) is 8.30. The molecule has 1 atom stereocenters. The number of hydrogen-bond donors (Lipinski definition) is 0. The maximum absolute atomic E-state index is 13.9. The number of nitrogens with zero attached hydrogens (tertiary/aromatic N) is 3. The molecule has 4 aromatic rings. The number of hydrogen-bond acceptors (Lipinski definition) is 8. The highest BCUT2D eigenvalue weighted by atomic mass is 127. The molecule has 0 saturated carbocycles. The summed E-state index contributed by atoms with van der Waals surface area (Å²) in [6, 6.07) is 16.7. The minimum atomic E-state index is -0.619. The van der Waals surface area contributed by atoms with Crippen LogP contribution in [-0.4, -0.2) is 17.1 Å². The lowest BCUT2D eigenvalue weighted by atomic mass is 10.0. The Bertz CT molecular complexity index is 1870. The van der Waals surface area contributed by atoms with E-state index in [-0.39, 0.29) is 18.8 Å². The first-order chi connectivity index (χ1) is 19.3. The number of carbonyl (C=O) groups is 1. The van der Waals surface area contributed by atoms with Crippen molar-refractivity contribution in [3.05, 3.63) is 114 Å². The number of benzene rings is 2. The molecule has 0 N–H and O–H groups in total. The second-order valence-corrected chi connectivity index (χ2v) is 13.1. The SMILES string of the molecule is CCOC(=O)C1=C(C)N=c2s/c(=C\c3cc(I)cc(I)c3OCc3ccccc3C#N)c(=O)n2[C@@H]1c1cccs1. The van der Waals surface area contributed by atoms with E-state index in [0.717, 1.165) is 23.1 Å². The highest BCUT2D eigenvalue weighted by molar-refractivity contribution is 14.1. The zero-order valence-corrected chi connectivity index (χ0v) is 27.3. The molecule has 0 fully saturated rings. The molecule has 2 aromatic carbocycles. The molecule has 7 nitrogen and oxygen atoms in total. The Labute approximate surface area is 265 Å². The van der Waals surface area contributed by atoms with Crippen molar-refractivity contribution in [3.8, 4) is 11.8 Å². The standard InChI is InChI=1S/C29H21I2N3O4S2/c1-3-37-28(36)24-16(2)33-29-34(25(24)22-9-6-10-39-22)27(35)23(40-29)12-19-11-20(30)13-21(31)26(19)38-15-18-8-5-4-7-17(18)14-32/h4-13,25H,3,15H2,1-2H3/b23-12-/t25-/m1/s1. The van der Waals surface area contributed by atoms with E-state index >= 15 is 0 Å². The predicted molar refractivity (Wildman–Crippen MR) is 172 cm³/mol. The highest BCUT2D eigenvalue weighted by Gasteiger charge is 2.34. The molecular weight excluding hydrogens is 772 g/mol. The summed E-state index contributed by atoms with van der Waals surface area (Å²) in [5, 5.41) is 11.4. The lowest BCUT2D eigenvalue weighted by Gasteiger charge is -2.23. The molecule has 0 spiro atoms. The van der Waals surface area contributed by atoms with Crippen molar-refractivity contribution in [2.75, 3.05) is 6.61 Å². The lowest BCUT2D eigenvalue weighted by molar-refractivity contribution is -0.139. The van der Waals surface area contributed by atoms with Gasteiger partial charge in [-0.05, 0) is 94.8 Å². The Balaban J connectivity index is 1.63. The normalized spacial score (nSPS) is 14.9. The van der Waals surface area contributed by atoms with Gasteiger partial charge in [-0.2, -0.15) is 5.26 Å². The van der Waals surface area contributed by atoms with Crippen molar-refractivity contribution in [2.24, 2.45) is 4.99 Å². The fraction of sp³-hybridized carbons (Fsp3) is 0.172. The van der Waals surface area contributed by atoms with Gasteiger partial charge in [0, 0.05) is 19.6 Å². The van der Waals surface area contributed by atoms with Crippen LogP contribution in [0, 0.1) is 18.5 Å². The molecule has 11 heteroatoms. The average molecular weight is 793 g/mol. The maximum Gasteiger partial charge on any atom is 0.338 e. The quantitative estimate of drug-likeness (QED) is 0.182. The Hall–Kier alpha value is -2.80. The highest BCUT2D eigenvalue weighted by Crippen LogP contribution is 2.33. The van der Waals surface area contributed by atoms with E-state index in [1.807, 2.05) is 53.9 Å². The molecule has 1 aliphatic heterocycles. The van der Waals surface area contributed by atoms with E-state index in [9.17, 15) is 14.9 Å². The van der Waals surface area contributed by atoms with Gasteiger partial charge in [0.1, 0.15) is 18.4 Å². The maximum atomic E-state index is 13.9. The summed E-state index contributed by atoms with van der Waals surface area (Å²) in [5.74, 6) is 0.148. The zero-order chi connectivity index (χ0) is 28.4. The Morgan fingerprint density at radius 3 is 2.75 bits per heavy atom. The smallest absolute Gasteiger partial charge is 0.338 e. The van der Waals surface area contributed by atoms with Crippen LogP contribution >= 0.6 is 67.9 Å². The number of thiazole rings is 1. The summed E-state index contributed by atoms with van der Waals surface area (Å²) in [6.45, 7) is 3.97. The summed E-state index contributed by atoms with van der Waals surface area (Å²) >= 11 is 7.21. The van der Waals surface area contributed by atoms with Crippen LogP contribution < -0.4 is 19.6 Å². The number of carbonyl (C=O) groups excluding carboxylic acids is 1. The van der Waals surface area contributed by atoms with E-state index in [2.05, 4.69) is 56.2 Å². The van der Waals surface area contributed by atoms with Gasteiger partial charge in [-0.15, -0.1) is 11.3 Å². The molecule has 2 aromatic heterocycles. The first-order valence-corrected chi connectivity index (χ1v) is 16.0.